The number of hydrogen-bond donors (Lipinski definition) is 3. The van der Waals surface area contributed by atoms with Gasteiger partial charge in [-0.15, -0.1) is 0 Å². The second-order valence-electron chi connectivity index (χ2n) is 4.37. The first-order valence-electron chi connectivity index (χ1n) is 6.24. The van der Waals surface area contributed by atoms with Crippen LogP contribution >= 0.6 is 0 Å². The summed E-state index contributed by atoms with van der Waals surface area (Å²) in [6.45, 7) is 4.45. The van der Waals surface area contributed by atoms with Gasteiger partial charge in [0.2, 0.25) is 5.91 Å². The number of carboxylic acids is 1. The second kappa shape index (κ2) is 8.98. The predicted octanol–water partition coefficient (Wildman–Crippen LogP) is 1.12. The van der Waals surface area contributed by atoms with Crippen molar-refractivity contribution in [2.24, 2.45) is 11.7 Å². The van der Waals surface area contributed by atoms with Crippen LogP contribution in [0.15, 0.2) is 0 Å². The number of hydrogen-bond acceptors (Lipinski definition) is 3. The maximum absolute atomic E-state index is 11.7. The number of carboxylic acid groups (broad SMARTS) is 1. The Bertz CT molecular complexity index is 240. The molecule has 100 valence electrons. The Morgan fingerprint density at radius 3 is 2.35 bits per heavy atom. The lowest BCUT2D eigenvalue weighted by atomic mass is 10.0. The third-order valence-electron chi connectivity index (χ3n) is 2.81. The van der Waals surface area contributed by atoms with Gasteiger partial charge in [-0.25, -0.2) is 0 Å². The van der Waals surface area contributed by atoms with Crippen molar-refractivity contribution in [3.05, 3.63) is 0 Å². The van der Waals surface area contributed by atoms with Crippen LogP contribution in [0.1, 0.15) is 46.0 Å². The third kappa shape index (κ3) is 7.74. The number of amides is 1. The van der Waals surface area contributed by atoms with E-state index >= 15 is 0 Å². The van der Waals surface area contributed by atoms with Crippen molar-refractivity contribution < 1.29 is 14.7 Å². The largest absolute Gasteiger partial charge is 0.481 e. The third-order valence-corrected chi connectivity index (χ3v) is 2.81. The van der Waals surface area contributed by atoms with Gasteiger partial charge in [0.1, 0.15) is 0 Å². The van der Waals surface area contributed by atoms with E-state index in [1.165, 1.54) is 0 Å². The number of rotatable bonds is 9. The Morgan fingerprint density at radius 2 is 1.94 bits per heavy atom. The normalized spacial score (nSPS) is 14.1. The van der Waals surface area contributed by atoms with Crippen molar-refractivity contribution in [1.82, 2.24) is 5.32 Å². The predicted molar refractivity (Wildman–Crippen MR) is 66.5 cm³/mol. The lowest BCUT2D eigenvalue weighted by Gasteiger charge is -2.18. The molecule has 17 heavy (non-hydrogen) atoms. The molecular formula is C12H24N2O3. The van der Waals surface area contributed by atoms with E-state index in [9.17, 15) is 9.59 Å². The molecule has 5 nitrogen and oxygen atoms in total. The number of carbonyl (C=O) groups excluding carboxylic acids is 1. The molecule has 1 amide bonds. The molecule has 4 N–H and O–H groups in total. The molecular weight excluding hydrogens is 220 g/mol. The van der Waals surface area contributed by atoms with Crippen LogP contribution in [-0.4, -0.2) is 29.6 Å². The van der Waals surface area contributed by atoms with E-state index < -0.39 is 5.97 Å². The summed E-state index contributed by atoms with van der Waals surface area (Å²) in [6, 6.07) is -0.264. The Morgan fingerprint density at radius 1 is 1.29 bits per heavy atom. The highest BCUT2D eigenvalue weighted by Gasteiger charge is 2.17. The molecule has 0 saturated heterocycles. The molecule has 0 aliphatic rings. The summed E-state index contributed by atoms with van der Waals surface area (Å²) in [5.74, 6) is -0.793. The molecule has 0 spiro atoms. The van der Waals surface area contributed by atoms with Crippen molar-refractivity contribution in [1.29, 1.82) is 0 Å². The smallest absolute Gasteiger partial charge is 0.305 e. The van der Waals surface area contributed by atoms with Gasteiger partial charge in [0.25, 0.3) is 0 Å². The average Bonchev–Trinajstić information content (AvgIpc) is 2.25. The fraction of sp³-hybridized carbons (Fsp3) is 0.833. The molecule has 0 aliphatic heterocycles. The second-order valence-corrected chi connectivity index (χ2v) is 4.37. The van der Waals surface area contributed by atoms with Gasteiger partial charge >= 0.3 is 5.97 Å². The fourth-order valence-electron chi connectivity index (χ4n) is 1.73. The van der Waals surface area contributed by atoms with Crippen molar-refractivity contribution in [3.8, 4) is 0 Å². The minimum Gasteiger partial charge on any atom is -0.481 e. The fourth-order valence-corrected chi connectivity index (χ4v) is 1.73. The van der Waals surface area contributed by atoms with Gasteiger partial charge in [-0.05, 0) is 18.9 Å². The molecule has 2 atom stereocenters. The zero-order valence-corrected chi connectivity index (χ0v) is 10.7. The van der Waals surface area contributed by atoms with E-state index in [1.807, 2.05) is 13.8 Å². The minimum atomic E-state index is -0.880. The number of nitrogens with one attached hydrogen (secondary N) is 1. The zero-order valence-electron chi connectivity index (χ0n) is 10.7. The molecule has 0 aromatic carbocycles. The van der Waals surface area contributed by atoms with E-state index in [0.29, 0.717) is 19.4 Å². The molecule has 0 heterocycles. The standard InChI is InChI=1S/C12H24N2O3/c1-3-5-10(7-12(16)17)14-11(15)6-9(4-2)8-13/h9-10H,3-8,13H2,1-2H3,(H,14,15)(H,16,17). The topological polar surface area (TPSA) is 92.4 Å². The quantitative estimate of drug-likeness (QED) is 0.566. The average molecular weight is 244 g/mol. The van der Waals surface area contributed by atoms with Gasteiger partial charge in [-0.2, -0.15) is 0 Å². The summed E-state index contributed by atoms with van der Waals surface area (Å²) in [5, 5.41) is 11.5. The van der Waals surface area contributed by atoms with E-state index in [-0.39, 0.29) is 24.3 Å². The molecule has 0 saturated carbocycles. The molecule has 0 radical (unpaired) electrons. The Hall–Kier alpha value is -1.10. The van der Waals surface area contributed by atoms with E-state index in [4.69, 9.17) is 10.8 Å². The first kappa shape index (κ1) is 15.9. The molecule has 5 heteroatoms. The van der Waals surface area contributed by atoms with Crippen molar-refractivity contribution >= 4 is 11.9 Å². The number of nitrogens with two attached hydrogens (primary N) is 1. The summed E-state index contributed by atoms with van der Waals surface area (Å²) in [5.41, 5.74) is 5.53. The summed E-state index contributed by atoms with van der Waals surface area (Å²) < 4.78 is 0. The lowest BCUT2D eigenvalue weighted by molar-refractivity contribution is -0.137. The number of carbonyl (C=O) groups is 2. The Balaban J connectivity index is 4.14. The van der Waals surface area contributed by atoms with Gasteiger partial charge in [-0.1, -0.05) is 26.7 Å². The van der Waals surface area contributed by atoms with Crippen molar-refractivity contribution in [3.63, 3.8) is 0 Å². The van der Waals surface area contributed by atoms with Crippen molar-refractivity contribution in [2.45, 2.75) is 52.0 Å². The van der Waals surface area contributed by atoms with Crippen LogP contribution in [0.2, 0.25) is 0 Å². The number of aliphatic carboxylic acids is 1. The molecule has 0 aromatic heterocycles. The lowest BCUT2D eigenvalue weighted by Crippen LogP contribution is -2.37. The summed E-state index contributed by atoms with van der Waals surface area (Å²) >= 11 is 0. The highest BCUT2D eigenvalue weighted by atomic mass is 16.4. The molecule has 0 aliphatic carbocycles. The van der Waals surface area contributed by atoms with Gasteiger partial charge in [0.15, 0.2) is 0 Å². The first-order chi connectivity index (χ1) is 8.03. The van der Waals surface area contributed by atoms with Gasteiger partial charge < -0.3 is 16.2 Å². The van der Waals surface area contributed by atoms with Crippen LogP contribution in [0, 0.1) is 5.92 Å². The van der Waals surface area contributed by atoms with Gasteiger partial charge in [0, 0.05) is 12.5 Å². The van der Waals surface area contributed by atoms with E-state index in [2.05, 4.69) is 5.32 Å². The van der Waals surface area contributed by atoms with E-state index in [0.717, 1.165) is 12.8 Å². The van der Waals surface area contributed by atoms with E-state index in [1.54, 1.807) is 0 Å². The Kier molecular flexibility index (Phi) is 8.40. The molecule has 0 rings (SSSR count). The van der Waals surface area contributed by atoms with Gasteiger partial charge in [0.05, 0.1) is 6.42 Å². The molecule has 2 unspecified atom stereocenters. The highest BCUT2D eigenvalue weighted by Crippen LogP contribution is 2.08. The van der Waals surface area contributed by atoms with Crippen molar-refractivity contribution in [2.75, 3.05) is 6.54 Å². The molecule has 0 bridgehead atoms. The van der Waals surface area contributed by atoms with Crippen LogP contribution in [0.3, 0.4) is 0 Å². The zero-order chi connectivity index (χ0) is 13.3. The van der Waals surface area contributed by atoms with Crippen LogP contribution < -0.4 is 11.1 Å². The minimum absolute atomic E-state index is 0.0149. The van der Waals surface area contributed by atoms with Crippen LogP contribution in [0.25, 0.3) is 0 Å². The first-order valence-corrected chi connectivity index (χ1v) is 6.24. The van der Waals surface area contributed by atoms with Crippen LogP contribution in [-0.2, 0) is 9.59 Å². The summed E-state index contributed by atoms with van der Waals surface area (Å²) in [7, 11) is 0. The molecule has 0 aromatic rings. The highest BCUT2D eigenvalue weighted by molar-refractivity contribution is 5.77. The Labute approximate surface area is 103 Å². The summed E-state index contributed by atoms with van der Waals surface area (Å²) in [6.07, 6.45) is 2.77. The van der Waals surface area contributed by atoms with Crippen LogP contribution in [0.5, 0.6) is 0 Å². The summed E-state index contributed by atoms with van der Waals surface area (Å²) in [4.78, 5) is 22.3. The van der Waals surface area contributed by atoms with Gasteiger partial charge in [-0.3, -0.25) is 9.59 Å². The van der Waals surface area contributed by atoms with Crippen LogP contribution in [0.4, 0.5) is 0 Å². The maximum Gasteiger partial charge on any atom is 0.305 e. The monoisotopic (exact) mass is 244 g/mol. The maximum atomic E-state index is 11.7. The SMILES string of the molecule is CCCC(CC(=O)O)NC(=O)CC(CC)CN. The molecule has 0 fully saturated rings.